The third kappa shape index (κ3) is 6.34. The smallest absolute Gasteiger partial charge is 0.335 e. The van der Waals surface area contributed by atoms with Crippen LogP contribution in [0.2, 0.25) is 0 Å². The normalized spacial score (nSPS) is 14.0. The molecule has 3 aromatic rings. The molecule has 0 unspecified atom stereocenters. The number of likely N-dealkylation sites (tertiary alicyclic amines) is 1. The number of benzene rings is 3. The molecule has 0 atom stereocenters. The molecule has 1 N–H and O–H groups in total. The van der Waals surface area contributed by atoms with Gasteiger partial charge in [-0.1, -0.05) is 24.3 Å². The van der Waals surface area contributed by atoms with Crippen LogP contribution < -0.4 is 9.47 Å². The van der Waals surface area contributed by atoms with Gasteiger partial charge in [0.15, 0.2) is 0 Å². The van der Waals surface area contributed by atoms with Crippen molar-refractivity contribution >= 4 is 11.9 Å². The lowest BCUT2D eigenvalue weighted by Crippen LogP contribution is -2.42. The summed E-state index contributed by atoms with van der Waals surface area (Å²) in [6.45, 7) is 1.47. The number of carbonyl (C=O) groups excluding carboxylic acids is 1. The molecule has 176 valence electrons. The van der Waals surface area contributed by atoms with Crippen LogP contribution in [0.15, 0.2) is 72.8 Å². The average Bonchev–Trinajstić information content (AvgIpc) is 2.84. The van der Waals surface area contributed by atoms with Crippen LogP contribution in [-0.4, -0.2) is 41.1 Å². The van der Waals surface area contributed by atoms with Crippen molar-refractivity contribution in [2.24, 2.45) is 0 Å². The van der Waals surface area contributed by atoms with Crippen LogP contribution in [0.4, 0.5) is 4.39 Å². The highest BCUT2D eigenvalue weighted by molar-refractivity contribution is 5.88. The molecule has 4 rings (SSSR count). The lowest BCUT2D eigenvalue weighted by atomic mass is 10.0. The lowest BCUT2D eigenvalue weighted by Gasteiger charge is -2.32. The number of amides is 1. The van der Waals surface area contributed by atoms with Crippen molar-refractivity contribution in [2.75, 3.05) is 13.1 Å². The van der Waals surface area contributed by atoms with Crippen LogP contribution in [0.1, 0.15) is 34.3 Å². The SMILES string of the molecule is O=C(O)c1cccc(CC(=O)N2CCC(Oc3ccc(OCc4cccc(F)c4)cc3)CC2)c1. The Morgan fingerprint density at radius 3 is 2.29 bits per heavy atom. The van der Waals surface area contributed by atoms with E-state index >= 15 is 0 Å². The number of hydrogen-bond donors (Lipinski definition) is 1. The van der Waals surface area contributed by atoms with Gasteiger partial charge in [0, 0.05) is 25.9 Å². The molecule has 0 aliphatic carbocycles. The van der Waals surface area contributed by atoms with E-state index in [9.17, 15) is 14.0 Å². The molecule has 0 saturated carbocycles. The van der Waals surface area contributed by atoms with Gasteiger partial charge < -0.3 is 19.5 Å². The van der Waals surface area contributed by atoms with E-state index in [0.717, 1.165) is 24.2 Å². The molecule has 0 radical (unpaired) electrons. The average molecular weight is 464 g/mol. The molecule has 1 aliphatic rings. The van der Waals surface area contributed by atoms with Crippen molar-refractivity contribution in [1.29, 1.82) is 0 Å². The summed E-state index contributed by atoms with van der Waals surface area (Å²) in [4.78, 5) is 25.6. The van der Waals surface area contributed by atoms with Gasteiger partial charge in [-0.25, -0.2) is 9.18 Å². The predicted molar refractivity (Wildman–Crippen MR) is 125 cm³/mol. The molecule has 1 saturated heterocycles. The van der Waals surface area contributed by atoms with E-state index in [0.29, 0.717) is 24.4 Å². The van der Waals surface area contributed by atoms with Gasteiger partial charge in [0.2, 0.25) is 5.91 Å². The Kier molecular flexibility index (Phi) is 7.42. The molecule has 1 heterocycles. The van der Waals surface area contributed by atoms with Gasteiger partial charge in [-0.2, -0.15) is 0 Å². The number of nitrogens with zero attached hydrogens (tertiary/aromatic N) is 1. The van der Waals surface area contributed by atoms with Crippen molar-refractivity contribution in [3.8, 4) is 11.5 Å². The quantitative estimate of drug-likeness (QED) is 0.523. The fourth-order valence-corrected chi connectivity index (χ4v) is 3.92. The molecule has 3 aromatic carbocycles. The van der Waals surface area contributed by atoms with E-state index < -0.39 is 5.97 Å². The van der Waals surface area contributed by atoms with Crippen LogP contribution in [0.3, 0.4) is 0 Å². The highest BCUT2D eigenvalue weighted by Crippen LogP contribution is 2.23. The second kappa shape index (κ2) is 10.8. The monoisotopic (exact) mass is 463 g/mol. The van der Waals surface area contributed by atoms with Crippen LogP contribution in [-0.2, 0) is 17.8 Å². The van der Waals surface area contributed by atoms with E-state index in [2.05, 4.69) is 0 Å². The van der Waals surface area contributed by atoms with Crippen molar-refractivity contribution in [3.63, 3.8) is 0 Å². The molecule has 0 aromatic heterocycles. The second-order valence-electron chi connectivity index (χ2n) is 8.27. The van der Waals surface area contributed by atoms with Gasteiger partial charge in [0.05, 0.1) is 12.0 Å². The van der Waals surface area contributed by atoms with Gasteiger partial charge in [0.25, 0.3) is 0 Å². The molecule has 1 aliphatic heterocycles. The highest BCUT2D eigenvalue weighted by atomic mass is 19.1. The number of ether oxygens (including phenoxy) is 2. The summed E-state index contributed by atoms with van der Waals surface area (Å²) in [7, 11) is 0. The van der Waals surface area contributed by atoms with Gasteiger partial charge in [-0.3, -0.25) is 4.79 Å². The number of carbonyl (C=O) groups is 2. The first-order valence-electron chi connectivity index (χ1n) is 11.2. The number of aromatic carboxylic acids is 1. The molecular formula is C27H26FNO5. The zero-order valence-corrected chi connectivity index (χ0v) is 18.7. The number of hydrogen-bond acceptors (Lipinski definition) is 4. The third-order valence-corrected chi connectivity index (χ3v) is 5.74. The van der Waals surface area contributed by atoms with Crippen molar-refractivity contribution in [3.05, 3.63) is 95.3 Å². The number of rotatable bonds is 8. The van der Waals surface area contributed by atoms with Gasteiger partial charge in [-0.05, 0) is 59.7 Å². The number of carboxylic acids is 1. The Hall–Kier alpha value is -3.87. The maximum Gasteiger partial charge on any atom is 0.335 e. The zero-order chi connectivity index (χ0) is 23.9. The predicted octanol–water partition coefficient (Wildman–Crippen LogP) is 4.72. The summed E-state index contributed by atoms with van der Waals surface area (Å²) in [5.41, 5.74) is 1.64. The summed E-state index contributed by atoms with van der Waals surface area (Å²) in [5.74, 6) is 0.0987. The van der Waals surface area contributed by atoms with E-state index in [1.807, 2.05) is 30.3 Å². The maximum atomic E-state index is 13.3. The van der Waals surface area contributed by atoms with Gasteiger partial charge in [-0.15, -0.1) is 0 Å². The van der Waals surface area contributed by atoms with Crippen molar-refractivity contribution in [2.45, 2.75) is 32.0 Å². The Balaban J connectivity index is 1.22. The van der Waals surface area contributed by atoms with E-state index in [4.69, 9.17) is 14.6 Å². The topological polar surface area (TPSA) is 76.1 Å². The van der Waals surface area contributed by atoms with Crippen molar-refractivity contribution in [1.82, 2.24) is 4.90 Å². The molecule has 34 heavy (non-hydrogen) atoms. The summed E-state index contributed by atoms with van der Waals surface area (Å²) in [6, 6.07) is 20.1. The first kappa shape index (κ1) is 23.3. The first-order valence-corrected chi connectivity index (χ1v) is 11.2. The Labute approximate surface area is 197 Å². The molecule has 1 amide bonds. The largest absolute Gasteiger partial charge is 0.490 e. The standard InChI is InChI=1S/C27H26FNO5/c28-22-6-2-4-20(16-22)18-33-23-7-9-24(10-8-23)34-25-11-13-29(14-12-25)26(30)17-19-3-1-5-21(15-19)27(31)32/h1-10,15-16,25H,11-14,17-18H2,(H,31,32). The second-order valence-corrected chi connectivity index (χ2v) is 8.27. The summed E-state index contributed by atoms with van der Waals surface area (Å²) < 4.78 is 25.0. The Morgan fingerprint density at radius 2 is 1.59 bits per heavy atom. The molecule has 0 bridgehead atoms. The number of piperidine rings is 1. The summed E-state index contributed by atoms with van der Waals surface area (Å²) in [6.07, 6.45) is 1.64. The van der Waals surface area contributed by atoms with Crippen molar-refractivity contribution < 1.29 is 28.6 Å². The Morgan fingerprint density at radius 1 is 0.912 bits per heavy atom. The van der Waals surface area contributed by atoms with E-state index in [1.54, 1.807) is 29.2 Å². The fraction of sp³-hybridized carbons (Fsp3) is 0.259. The maximum absolute atomic E-state index is 13.3. The minimum absolute atomic E-state index is 0.0125. The summed E-state index contributed by atoms with van der Waals surface area (Å²) in [5, 5.41) is 9.11. The molecule has 7 heteroatoms. The van der Waals surface area contributed by atoms with E-state index in [1.165, 1.54) is 18.2 Å². The lowest BCUT2D eigenvalue weighted by molar-refractivity contribution is -0.132. The first-order chi connectivity index (χ1) is 16.5. The van der Waals surface area contributed by atoms with Crippen LogP contribution in [0, 0.1) is 5.82 Å². The number of carboxylic acid groups (broad SMARTS) is 1. The Bertz CT molecular complexity index is 1140. The fourth-order valence-electron chi connectivity index (χ4n) is 3.92. The zero-order valence-electron chi connectivity index (χ0n) is 18.7. The van der Waals surface area contributed by atoms with Gasteiger partial charge >= 0.3 is 5.97 Å². The number of halogens is 1. The van der Waals surface area contributed by atoms with Crippen LogP contribution in [0.25, 0.3) is 0 Å². The highest BCUT2D eigenvalue weighted by Gasteiger charge is 2.24. The van der Waals surface area contributed by atoms with Crippen LogP contribution >= 0.6 is 0 Å². The van der Waals surface area contributed by atoms with E-state index in [-0.39, 0.29) is 36.4 Å². The minimum Gasteiger partial charge on any atom is -0.490 e. The minimum atomic E-state index is -1.00. The summed E-state index contributed by atoms with van der Waals surface area (Å²) >= 11 is 0. The van der Waals surface area contributed by atoms with Crippen LogP contribution in [0.5, 0.6) is 11.5 Å². The van der Waals surface area contributed by atoms with Gasteiger partial charge in [0.1, 0.15) is 30.0 Å². The molecule has 6 nitrogen and oxygen atoms in total. The molecular weight excluding hydrogens is 437 g/mol. The molecule has 1 fully saturated rings. The third-order valence-electron chi connectivity index (χ3n) is 5.74. The molecule has 0 spiro atoms.